The number of benzene rings is 1. The SMILES string of the molecule is COC1CC2C(=O)N(C3CCN(c4ccccc4)C3=O)C(=O)N2C1. The fraction of sp³-hybridized carbons (Fsp3) is 0.471. The first-order valence-corrected chi connectivity index (χ1v) is 8.14. The van der Waals surface area contributed by atoms with Gasteiger partial charge in [-0.1, -0.05) is 18.2 Å². The van der Waals surface area contributed by atoms with Crippen molar-refractivity contribution < 1.29 is 19.1 Å². The van der Waals surface area contributed by atoms with Crippen LogP contribution in [-0.2, 0) is 14.3 Å². The van der Waals surface area contributed by atoms with Gasteiger partial charge in [-0.2, -0.15) is 0 Å². The maximum Gasteiger partial charge on any atom is 0.328 e. The van der Waals surface area contributed by atoms with Crippen molar-refractivity contribution in [1.82, 2.24) is 9.80 Å². The highest BCUT2D eigenvalue weighted by molar-refractivity contribution is 6.11. The summed E-state index contributed by atoms with van der Waals surface area (Å²) >= 11 is 0. The Morgan fingerprint density at radius 2 is 1.79 bits per heavy atom. The van der Waals surface area contributed by atoms with Gasteiger partial charge in [-0.3, -0.25) is 9.59 Å². The van der Waals surface area contributed by atoms with Crippen LogP contribution in [0.5, 0.6) is 0 Å². The molecule has 1 aromatic rings. The van der Waals surface area contributed by atoms with Gasteiger partial charge < -0.3 is 14.5 Å². The molecule has 3 fully saturated rings. The fourth-order valence-electron chi connectivity index (χ4n) is 3.86. The van der Waals surface area contributed by atoms with Crippen molar-refractivity contribution in [2.45, 2.75) is 31.0 Å². The van der Waals surface area contributed by atoms with Crippen molar-refractivity contribution in [3.63, 3.8) is 0 Å². The Balaban J connectivity index is 1.54. The van der Waals surface area contributed by atoms with Crippen LogP contribution in [0.15, 0.2) is 30.3 Å². The molecular formula is C17H19N3O4. The monoisotopic (exact) mass is 329 g/mol. The summed E-state index contributed by atoms with van der Waals surface area (Å²) in [5.41, 5.74) is 0.795. The molecule has 0 radical (unpaired) electrons. The number of imide groups is 1. The second-order valence-electron chi connectivity index (χ2n) is 6.38. The van der Waals surface area contributed by atoms with Crippen molar-refractivity contribution in [1.29, 1.82) is 0 Å². The van der Waals surface area contributed by atoms with E-state index in [-0.39, 0.29) is 23.9 Å². The largest absolute Gasteiger partial charge is 0.380 e. The highest BCUT2D eigenvalue weighted by Gasteiger charge is 2.55. The maximum absolute atomic E-state index is 12.8. The third-order valence-corrected chi connectivity index (χ3v) is 5.13. The van der Waals surface area contributed by atoms with Crippen molar-refractivity contribution in [3.8, 4) is 0 Å². The second-order valence-corrected chi connectivity index (χ2v) is 6.38. The van der Waals surface area contributed by atoms with Gasteiger partial charge in [-0.05, 0) is 18.6 Å². The van der Waals surface area contributed by atoms with Crippen LogP contribution in [-0.4, -0.2) is 66.0 Å². The van der Waals surface area contributed by atoms with E-state index >= 15 is 0 Å². The smallest absolute Gasteiger partial charge is 0.328 e. The second kappa shape index (κ2) is 5.59. The van der Waals surface area contributed by atoms with Crippen molar-refractivity contribution >= 4 is 23.5 Å². The van der Waals surface area contributed by atoms with Gasteiger partial charge in [0.25, 0.3) is 5.91 Å². The lowest BCUT2D eigenvalue weighted by Crippen LogP contribution is -2.47. The van der Waals surface area contributed by atoms with E-state index < -0.39 is 12.1 Å². The summed E-state index contributed by atoms with van der Waals surface area (Å²) in [6.07, 6.45) is 0.866. The van der Waals surface area contributed by atoms with Gasteiger partial charge in [0.2, 0.25) is 5.91 Å². The zero-order valence-electron chi connectivity index (χ0n) is 13.4. The van der Waals surface area contributed by atoms with Gasteiger partial charge in [0.15, 0.2) is 0 Å². The first-order valence-electron chi connectivity index (χ1n) is 8.14. The molecule has 3 atom stereocenters. The molecule has 4 amide bonds. The maximum atomic E-state index is 12.8. The molecule has 3 saturated heterocycles. The van der Waals surface area contributed by atoms with Gasteiger partial charge in [-0.25, -0.2) is 9.69 Å². The number of methoxy groups -OCH3 is 1. The number of nitrogens with zero attached hydrogens (tertiary/aromatic N) is 3. The van der Waals surface area contributed by atoms with E-state index in [1.165, 1.54) is 9.80 Å². The number of ether oxygens (including phenoxy) is 1. The Hall–Kier alpha value is -2.41. The highest BCUT2D eigenvalue weighted by atomic mass is 16.5. The van der Waals surface area contributed by atoms with Gasteiger partial charge in [0.1, 0.15) is 12.1 Å². The van der Waals surface area contributed by atoms with Gasteiger partial charge in [0.05, 0.1) is 6.10 Å². The lowest BCUT2D eigenvalue weighted by atomic mass is 10.1. The quantitative estimate of drug-likeness (QED) is 0.771. The zero-order chi connectivity index (χ0) is 16.8. The third-order valence-electron chi connectivity index (χ3n) is 5.13. The van der Waals surface area contributed by atoms with Crippen molar-refractivity contribution in [3.05, 3.63) is 30.3 Å². The van der Waals surface area contributed by atoms with Crippen LogP contribution in [0.2, 0.25) is 0 Å². The van der Waals surface area contributed by atoms with Crippen LogP contribution >= 0.6 is 0 Å². The average molecular weight is 329 g/mol. The lowest BCUT2D eigenvalue weighted by Gasteiger charge is -2.23. The van der Waals surface area contributed by atoms with Crippen LogP contribution in [0.1, 0.15) is 12.8 Å². The fourth-order valence-corrected chi connectivity index (χ4v) is 3.86. The minimum atomic E-state index is -0.697. The minimum Gasteiger partial charge on any atom is -0.380 e. The Labute approximate surface area is 139 Å². The van der Waals surface area contributed by atoms with E-state index in [2.05, 4.69) is 0 Å². The molecule has 7 nitrogen and oxygen atoms in total. The molecule has 4 rings (SSSR count). The van der Waals surface area contributed by atoms with Crippen LogP contribution in [0.3, 0.4) is 0 Å². The molecule has 0 saturated carbocycles. The standard InChI is InChI=1S/C17H19N3O4/c1-24-12-9-14-16(22)20(17(23)19(14)10-12)13-7-8-18(15(13)21)11-5-3-2-4-6-11/h2-6,12-14H,7-10H2,1H3. The van der Waals surface area contributed by atoms with E-state index in [0.29, 0.717) is 25.9 Å². The number of amides is 4. The van der Waals surface area contributed by atoms with Crippen LogP contribution in [0, 0.1) is 0 Å². The summed E-state index contributed by atoms with van der Waals surface area (Å²) in [5.74, 6) is -0.458. The summed E-state index contributed by atoms with van der Waals surface area (Å²) in [7, 11) is 1.58. The molecule has 0 N–H and O–H groups in total. The topological polar surface area (TPSA) is 70.2 Å². The van der Waals surface area contributed by atoms with E-state index in [9.17, 15) is 14.4 Å². The predicted molar refractivity (Wildman–Crippen MR) is 85.4 cm³/mol. The highest BCUT2D eigenvalue weighted by Crippen LogP contribution is 2.33. The summed E-state index contributed by atoms with van der Waals surface area (Å²) in [6, 6.07) is 7.78. The molecule has 24 heavy (non-hydrogen) atoms. The van der Waals surface area contributed by atoms with Crippen LogP contribution in [0.4, 0.5) is 10.5 Å². The molecule has 3 aliphatic rings. The average Bonchev–Trinajstić information content (AvgIpc) is 3.25. The summed E-state index contributed by atoms with van der Waals surface area (Å²) in [6.45, 7) is 0.918. The number of rotatable bonds is 3. The minimum absolute atomic E-state index is 0.106. The summed E-state index contributed by atoms with van der Waals surface area (Å²) in [5, 5.41) is 0. The molecule has 0 bridgehead atoms. The van der Waals surface area contributed by atoms with Crippen LogP contribution in [0.25, 0.3) is 0 Å². The molecule has 7 heteroatoms. The number of hydrogen-bond acceptors (Lipinski definition) is 4. The van der Waals surface area contributed by atoms with E-state index in [0.717, 1.165) is 5.69 Å². The molecule has 0 aromatic heterocycles. The molecule has 1 aromatic carbocycles. The van der Waals surface area contributed by atoms with Gasteiger partial charge >= 0.3 is 6.03 Å². The van der Waals surface area contributed by atoms with Crippen molar-refractivity contribution in [2.75, 3.05) is 25.1 Å². The Bertz CT molecular complexity index is 668. The van der Waals surface area contributed by atoms with E-state index in [1.54, 1.807) is 12.0 Å². The Morgan fingerprint density at radius 1 is 1.04 bits per heavy atom. The zero-order valence-corrected chi connectivity index (χ0v) is 13.4. The third kappa shape index (κ3) is 2.11. The van der Waals surface area contributed by atoms with Gasteiger partial charge in [0, 0.05) is 32.3 Å². The van der Waals surface area contributed by atoms with Crippen molar-refractivity contribution in [2.24, 2.45) is 0 Å². The predicted octanol–water partition coefficient (Wildman–Crippen LogP) is 0.843. The molecule has 3 unspecified atom stereocenters. The number of fused-ring (bicyclic) bond motifs is 1. The van der Waals surface area contributed by atoms with E-state index in [4.69, 9.17) is 4.74 Å². The molecule has 3 aliphatic heterocycles. The van der Waals surface area contributed by atoms with Gasteiger partial charge in [-0.15, -0.1) is 0 Å². The Kier molecular flexibility index (Phi) is 3.53. The lowest BCUT2D eigenvalue weighted by molar-refractivity contribution is -0.134. The first kappa shape index (κ1) is 15.1. The van der Waals surface area contributed by atoms with Crippen LogP contribution < -0.4 is 4.90 Å². The number of para-hydroxylation sites is 1. The Morgan fingerprint density at radius 3 is 2.46 bits per heavy atom. The number of carbonyl (C=O) groups excluding carboxylic acids is 3. The molecule has 0 spiro atoms. The molecule has 126 valence electrons. The number of carbonyl (C=O) groups is 3. The molecule has 0 aliphatic carbocycles. The number of urea groups is 1. The number of hydrogen-bond donors (Lipinski definition) is 0. The normalized spacial score (nSPS) is 29.8. The molecular weight excluding hydrogens is 310 g/mol. The molecule has 3 heterocycles. The summed E-state index contributed by atoms with van der Waals surface area (Å²) in [4.78, 5) is 42.4. The first-order chi connectivity index (χ1) is 11.6. The summed E-state index contributed by atoms with van der Waals surface area (Å²) < 4.78 is 5.26. The van der Waals surface area contributed by atoms with E-state index in [1.807, 2.05) is 30.3 Å². The number of anilines is 1.